The van der Waals surface area contributed by atoms with E-state index in [1.54, 1.807) is 10.8 Å². The van der Waals surface area contributed by atoms with Crippen molar-refractivity contribution in [2.45, 2.75) is 18.6 Å². The number of aliphatic hydroxyl groups excluding tert-OH is 1. The van der Waals surface area contributed by atoms with Crippen LogP contribution < -0.4 is 5.73 Å². The van der Waals surface area contributed by atoms with Crippen molar-refractivity contribution >= 4 is 39.4 Å². The van der Waals surface area contributed by atoms with Gasteiger partial charge in [-0.25, -0.2) is 14.6 Å². The minimum Gasteiger partial charge on any atom is -0.389 e. The second kappa shape index (κ2) is 3.91. The molecule has 0 bridgehead atoms. The Labute approximate surface area is 111 Å². The van der Waals surface area contributed by atoms with Gasteiger partial charge in [0.05, 0.1) is 17.5 Å². The lowest BCUT2D eigenvalue weighted by molar-refractivity contribution is 0.209. The lowest BCUT2D eigenvalue weighted by Gasteiger charge is -2.09. The Hall–Kier alpha value is -1.22. The average Bonchev–Trinajstić information content (AvgIpc) is 2.84. The van der Waals surface area contributed by atoms with Crippen molar-refractivity contribution in [1.29, 1.82) is 0 Å². The first-order chi connectivity index (χ1) is 8.16. The summed E-state index contributed by atoms with van der Waals surface area (Å²) in [6.45, 7) is 0. The average molecular weight is 343 g/mol. The zero-order valence-corrected chi connectivity index (χ0v) is 10.9. The Balaban J connectivity index is 2.18. The molecule has 7 heteroatoms. The highest BCUT2D eigenvalue weighted by molar-refractivity contribution is 14.1. The number of aliphatic hydroxyl groups is 1. The van der Waals surface area contributed by atoms with Crippen molar-refractivity contribution in [3.8, 4) is 0 Å². The first-order valence-electron chi connectivity index (χ1n) is 5.17. The fourth-order valence-corrected chi connectivity index (χ4v) is 2.78. The summed E-state index contributed by atoms with van der Waals surface area (Å²) in [6, 6.07) is 0.0327. The molecule has 0 radical (unpaired) electrons. The van der Waals surface area contributed by atoms with Crippen LogP contribution >= 0.6 is 22.6 Å². The van der Waals surface area contributed by atoms with Gasteiger partial charge in [0.25, 0.3) is 0 Å². The molecule has 2 atom stereocenters. The van der Waals surface area contributed by atoms with Crippen LogP contribution in [0, 0.1) is 3.70 Å². The maximum absolute atomic E-state index is 9.51. The fourth-order valence-electron chi connectivity index (χ4n) is 2.03. The number of allylic oxidation sites excluding steroid dienone is 1. The number of halogens is 1. The molecular formula is C10H10IN5O. The van der Waals surface area contributed by atoms with E-state index in [1.807, 2.05) is 6.08 Å². The van der Waals surface area contributed by atoms with Crippen LogP contribution in [0.4, 0.5) is 5.82 Å². The van der Waals surface area contributed by atoms with E-state index >= 15 is 0 Å². The van der Waals surface area contributed by atoms with E-state index in [2.05, 4.69) is 37.7 Å². The summed E-state index contributed by atoms with van der Waals surface area (Å²) in [5.74, 6) is 0.438. The quantitative estimate of drug-likeness (QED) is 0.593. The number of hydrogen-bond donors (Lipinski definition) is 2. The van der Waals surface area contributed by atoms with Crippen molar-refractivity contribution in [2.75, 3.05) is 5.73 Å². The van der Waals surface area contributed by atoms with Crippen LogP contribution in [0.25, 0.3) is 11.0 Å². The van der Waals surface area contributed by atoms with Crippen molar-refractivity contribution in [1.82, 2.24) is 19.7 Å². The topological polar surface area (TPSA) is 89.9 Å². The van der Waals surface area contributed by atoms with Crippen molar-refractivity contribution in [2.24, 2.45) is 0 Å². The van der Waals surface area contributed by atoms with Crippen molar-refractivity contribution in [3.05, 3.63) is 22.2 Å². The molecule has 6 nitrogen and oxygen atoms in total. The molecule has 17 heavy (non-hydrogen) atoms. The molecule has 2 aromatic rings. The first-order valence-corrected chi connectivity index (χ1v) is 6.25. The SMILES string of the molecule is Nc1ncnc2c1c(I)nn2C1C=C[C@@H](O)C1. The highest BCUT2D eigenvalue weighted by Gasteiger charge is 2.23. The monoisotopic (exact) mass is 343 g/mol. The van der Waals surface area contributed by atoms with Crippen LogP contribution in [0.15, 0.2) is 18.5 Å². The van der Waals surface area contributed by atoms with Crippen LogP contribution in [0.3, 0.4) is 0 Å². The Bertz CT molecular complexity index is 608. The third-order valence-corrected chi connectivity index (χ3v) is 3.58. The van der Waals surface area contributed by atoms with Crippen molar-refractivity contribution < 1.29 is 5.11 Å². The smallest absolute Gasteiger partial charge is 0.165 e. The van der Waals surface area contributed by atoms with Gasteiger partial charge in [-0.1, -0.05) is 12.2 Å². The molecule has 0 spiro atoms. The highest BCUT2D eigenvalue weighted by Crippen LogP contribution is 2.29. The Morgan fingerprint density at radius 2 is 2.24 bits per heavy atom. The van der Waals surface area contributed by atoms with Gasteiger partial charge in [0.2, 0.25) is 0 Å². The molecular weight excluding hydrogens is 333 g/mol. The number of hydrogen-bond acceptors (Lipinski definition) is 5. The van der Waals surface area contributed by atoms with E-state index in [0.29, 0.717) is 17.9 Å². The maximum atomic E-state index is 9.51. The van der Waals surface area contributed by atoms with Gasteiger partial charge in [0.15, 0.2) is 5.65 Å². The Kier molecular flexibility index (Phi) is 2.51. The summed E-state index contributed by atoms with van der Waals surface area (Å²) in [6.07, 6.45) is 5.36. The fraction of sp³-hybridized carbons (Fsp3) is 0.300. The molecule has 1 aliphatic rings. The van der Waals surface area contributed by atoms with Crippen LogP contribution in [-0.4, -0.2) is 31.0 Å². The number of anilines is 1. The first kappa shape index (κ1) is 10.9. The molecule has 0 aromatic carbocycles. The number of nitrogen functional groups attached to an aromatic ring is 1. The van der Waals surface area contributed by atoms with E-state index in [1.165, 1.54) is 6.33 Å². The molecule has 2 heterocycles. The molecule has 2 aromatic heterocycles. The molecule has 1 aliphatic carbocycles. The second-order valence-corrected chi connectivity index (χ2v) is 4.97. The molecule has 0 fully saturated rings. The molecule has 0 saturated heterocycles. The Morgan fingerprint density at radius 3 is 2.94 bits per heavy atom. The number of nitrogens with zero attached hydrogens (tertiary/aromatic N) is 4. The van der Waals surface area contributed by atoms with Crippen LogP contribution in [-0.2, 0) is 0 Å². The van der Waals surface area contributed by atoms with E-state index < -0.39 is 6.10 Å². The van der Waals surface area contributed by atoms with Gasteiger partial charge in [0.1, 0.15) is 15.8 Å². The number of aromatic nitrogens is 4. The van der Waals surface area contributed by atoms with Crippen LogP contribution in [0.2, 0.25) is 0 Å². The van der Waals surface area contributed by atoms with E-state index in [4.69, 9.17) is 5.73 Å². The highest BCUT2D eigenvalue weighted by atomic mass is 127. The lowest BCUT2D eigenvalue weighted by Crippen LogP contribution is -2.10. The lowest BCUT2D eigenvalue weighted by atomic mass is 10.2. The van der Waals surface area contributed by atoms with Gasteiger partial charge in [-0.2, -0.15) is 5.10 Å². The van der Waals surface area contributed by atoms with Crippen LogP contribution in [0.1, 0.15) is 12.5 Å². The number of nitrogens with two attached hydrogens (primary N) is 1. The number of rotatable bonds is 1. The van der Waals surface area contributed by atoms with E-state index in [-0.39, 0.29) is 6.04 Å². The van der Waals surface area contributed by atoms with Gasteiger partial charge in [-0.15, -0.1) is 0 Å². The minimum atomic E-state index is -0.406. The van der Waals surface area contributed by atoms with Gasteiger partial charge in [-0.05, 0) is 22.6 Å². The van der Waals surface area contributed by atoms with Gasteiger partial charge in [0, 0.05) is 6.42 Å². The van der Waals surface area contributed by atoms with E-state index in [9.17, 15) is 5.11 Å². The molecule has 88 valence electrons. The minimum absolute atomic E-state index is 0.0327. The zero-order valence-electron chi connectivity index (χ0n) is 8.79. The summed E-state index contributed by atoms with van der Waals surface area (Å²) >= 11 is 2.12. The summed E-state index contributed by atoms with van der Waals surface area (Å²) in [5, 5.41) is 14.7. The predicted molar refractivity (Wildman–Crippen MR) is 71.3 cm³/mol. The summed E-state index contributed by atoms with van der Waals surface area (Å²) in [5.41, 5.74) is 6.53. The molecule has 0 amide bonds. The normalized spacial score (nSPS) is 23.6. The maximum Gasteiger partial charge on any atom is 0.165 e. The largest absolute Gasteiger partial charge is 0.389 e. The molecule has 3 N–H and O–H groups in total. The van der Waals surface area contributed by atoms with Crippen LogP contribution in [0.5, 0.6) is 0 Å². The molecule has 0 aliphatic heterocycles. The van der Waals surface area contributed by atoms with Gasteiger partial charge in [-0.3, -0.25) is 0 Å². The third kappa shape index (κ3) is 1.69. The summed E-state index contributed by atoms with van der Waals surface area (Å²) in [4.78, 5) is 8.19. The molecule has 0 saturated carbocycles. The van der Waals surface area contributed by atoms with Gasteiger partial charge < -0.3 is 10.8 Å². The third-order valence-electron chi connectivity index (χ3n) is 2.83. The molecule has 3 rings (SSSR count). The van der Waals surface area contributed by atoms with E-state index in [0.717, 1.165) is 9.09 Å². The Morgan fingerprint density at radius 1 is 1.41 bits per heavy atom. The summed E-state index contributed by atoms with van der Waals surface area (Å²) < 4.78 is 2.58. The van der Waals surface area contributed by atoms with Gasteiger partial charge >= 0.3 is 0 Å². The molecule has 1 unspecified atom stereocenters. The number of fused-ring (bicyclic) bond motifs is 1. The summed E-state index contributed by atoms with van der Waals surface area (Å²) in [7, 11) is 0. The van der Waals surface area contributed by atoms with Crippen molar-refractivity contribution in [3.63, 3.8) is 0 Å². The zero-order chi connectivity index (χ0) is 12.0. The second-order valence-electron chi connectivity index (χ2n) is 3.95. The predicted octanol–water partition coefficient (Wildman–Crippen LogP) is 0.875. The standard InChI is InChI=1S/C10H10IN5O/c11-8-7-9(12)13-4-14-10(7)16(15-8)5-1-2-6(17)3-5/h1-2,4-6,17H,3H2,(H2,12,13,14)/t5?,6-/m1/s1.